The molecule has 1 aromatic rings. The molecule has 1 amide bonds. The van der Waals surface area contributed by atoms with Gasteiger partial charge in [-0.2, -0.15) is 17.0 Å². The van der Waals surface area contributed by atoms with E-state index in [-0.39, 0.29) is 5.57 Å². The molecule has 0 heterocycles. The summed E-state index contributed by atoms with van der Waals surface area (Å²) in [5.41, 5.74) is 0.223. The highest BCUT2D eigenvalue weighted by Crippen LogP contribution is 2.15. The molecule has 23 heavy (non-hydrogen) atoms. The van der Waals surface area contributed by atoms with Crippen LogP contribution in [0.5, 0.6) is 0 Å². The Morgan fingerprint density at radius 2 is 2.26 bits per heavy atom. The first kappa shape index (κ1) is 18.9. The maximum Gasteiger partial charge on any atom is 0.326 e. The third-order valence-corrected chi connectivity index (χ3v) is 3.66. The number of hydrogen-bond acceptors (Lipinski definition) is 5. The molecule has 0 fully saturated rings. The van der Waals surface area contributed by atoms with Crippen LogP contribution in [0.15, 0.2) is 36.0 Å². The fraction of sp³-hybridized carbons (Fsp3) is 0.267. The molecule has 6 nitrogen and oxygen atoms in total. The highest BCUT2D eigenvalue weighted by atomic mass is 35.5. The second kappa shape index (κ2) is 9.77. The molecule has 1 unspecified atom stereocenters. The van der Waals surface area contributed by atoms with Crippen LogP contribution >= 0.6 is 23.4 Å². The first-order chi connectivity index (χ1) is 11.0. The number of amides is 1. The maximum absolute atomic E-state index is 12.0. The lowest BCUT2D eigenvalue weighted by Gasteiger charge is -2.12. The number of benzene rings is 1. The van der Waals surface area contributed by atoms with Crippen LogP contribution in [0.2, 0.25) is 5.02 Å². The van der Waals surface area contributed by atoms with E-state index in [0.717, 1.165) is 6.20 Å². The van der Waals surface area contributed by atoms with Crippen molar-refractivity contribution in [2.75, 3.05) is 17.3 Å². The van der Waals surface area contributed by atoms with Crippen molar-refractivity contribution in [3.8, 4) is 6.07 Å². The molecule has 0 aliphatic rings. The minimum absolute atomic E-state index is 0.222. The number of aliphatic carboxylic acids is 1. The van der Waals surface area contributed by atoms with Crippen molar-refractivity contribution < 1.29 is 14.7 Å². The summed E-state index contributed by atoms with van der Waals surface area (Å²) in [6.45, 7) is 0. The predicted molar refractivity (Wildman–Crippen MR) is 91.3 cm³/mol. The second-order valence-electron chi connectivity index (χ2n) is 4.47. The van der Waals surface area contributed by atoms with Gasteiger partial charge in [0.25, 0.3) is 5.91 Å². The molecule has 0 aromatic heterocycles. The molecule has 0 radical (unpaired) electrons. The van der Waals surface area contributed by atoms with Gasteiger partial charge in [0.2, 0.25) is 0 Å². The van der Waals surface area contributed by atoms with Crippen molar-refractivity contribution in [2.24, 2.45) is 0 Å². The average Bonchev–Trinajstić information content (AvgIpc) is 2.50. The number of nitrogens with zero attached hydrogens (tertiary/aromatic N) is 1. The van der Waals surface area contributed by atoms with Gasteiger partial charge in [0.15, 0.2) is 0 Å². The monoisotopic (exact) mass is 353 g/mol. The zero-order valence-corrected chi connectivity index (χ0v) is 13.9. The van der Waals surface area contributed by atoms with Gasteiger partial charge in [-0.25, -0.2) is 4.79 Å². The predicted octanol–water partition coefficient (Wildman–Crippen LogP) is 2.48. The number of carboxylic acid groups (broad SMARTS) is 1. The van der Waals surface area contributed by atoms with Crippen LogP contribution in [0.1, 0.15) is 6.42 Å². The Hall–Kier alpha value is -2.17. The molecule has 8 heteroatoms. The van der Waals surface area contributed by atoms with Crippen LogP contribution in [-0.2, 0) is 9.59 Å². The van der Waals surface area contributed by atoms with Gasteiger partial charge in [0, 0.05) is 16.9 Å². The number of nitrogens with one attached hydrogen (secondary N) is 2. The summed E-state index contributed by atoms with van der Waals surface area (Å²) in [5.74, 6) is -1.03. The molecule has 0 bridgehead atoms. The Bertz CT molecular complexity index is 643. The SMILES string of the molecule is CSCCC(N/C=C(/C#N)C(=O)Nc1cccc(Cl)c1)C(=O)O. The topological polar surface area (TPSA) is 102 Å². The highest BCUT2D eigenvalue weighted by Gasteiger charge is 2.16. The normalized spacial score (nSPS) is 12.1. The quantitative estimate of drug-likeness (QED) is 0.490. The van der Waals surface area contributed by atoms with Crippen LogP contribution in [0.4, 0.5) is 5.69 Å². The number of rotatable bonds is 8. The number of halogens is 1. The first-order valence-electron chi connectivity index (χ1n) is 6.63. The summed E-state index contributed by atoms with van der Waals surface area (Å²) in [4.78, 5) is 23.1. The molecule has 0 aliphatic carbocycles. The Kier molecular flexibility index (Phi) is 8.02. The van der Waals surface area contributed by atoms with E-state index in [1.807, 2.05) is 6.26 Å². The fourth-order valence-corrected chi connectivity index (χ4v) is 2.27. The molecule has 0 spiro atoms. The van der Waals surface area contributed by atoms with E-state index < -0.39 is 17.9 Å². The Morgan fingerprint density at radius 1 is 1.52 bits per heavy atom. The molecular formula is C15H16ClN3O3S. The first-order valence-corrected chi connectivity index (χ1v) is 8.40. The number of carbonyl (C=O) groups excluding carboxylic acids is 1. The van der Waals surface area contributed by atoms with Crippen LogP contribution < -0.4 is 10.6 Å². The fourth-order valence-electron chi connectivity index (χ4n) is 1.61. The maximum atomic E-state index is 12.0. The summed E-state index contributed by atoms with van der Waals surface area (Å²) in [6, 6.07) is 7.37. The molecule has 1 aromatic carbocycles. The van der Waals surface area contributed by atoms with Gasteiger partial charge in [0.1, 0.15) is 17.7 Å². The van der Waals surface area contributed by atoms with Gasteiger partial charge in [0.05, 0.1) is 0 Å². The molecule has 0 saturated carbocycles. The van der Waals surface area contributed by atoms with E-state index >= 15 is 0 Å². The minimum atomic E-state index is -1.04. The summed E-state index contributed by atoms with van der Waals surface area (Å²) in [5, 5.41) is 23.7. The minimum Gasteiger partial charge on any atom is -0.480 e. The number of thioether (sulfide) groups is 1. The lowest BCUT2D eigenvalue weighted by molar-refractivity contribution is -0.139. The zero-order chi connectivity index (χ0) is 17.2. The summed E-state index contributed by atoms with van der Waals surface area (Å²) in [7, 11) is 0. The molecular weight excluding hydrogens is 338 g/mol. The van der Waals surface area contributed by atoms with Crippen LogP contribution in [-0.4, -0.2) is 35.0 Å². The van der Waals surface area contributed by atoms with Crippen LogP contribution in [0.25, 0.3) is 0 Å². The Balaban J connectivity index is 2.75. The third-order valence-electron chi connectivity index (χ3n) is 2.79. The van der Waals surface area contributed by atoms with Crippen molar-refractivity contribution in [1.29, 1.82) is 5.26 Å². The lowest BCUT2D eigenvalue weighted by atomic mass is 10.2. The van der Waals surface area contributed by atoms with E-state index in [2.05, 4.69) is 10.6 Å². The third kappa shape index (κ3) is 6.63. The second-order valence-corrected chi connectivity index (χ2v) is 5.90. The molecule has 1 atom stereocenters. The van der Waals surface area contributed by atoms with Gasteiger partial charge >= 0.3 is 5.97 Å². The van der Waals surface area contributed by atoms with E-state index in [4.69, 9.17) is 22.0 Å². The van der Waals surface area contributed by atoms with Crippen molar-refractivity contribution in [1.82, 2.24) is 5.32 Å². The van der Waals surface area contributed by atoms with Gasteiger partial charge in [-0.05, 0) is 36.6 Å². The van der Waals surface area contributed by atoms with Crippen molar-refractivity contribution in [3.63, 3.8) is 0 Å². The average molecular weight is 354 g/mol. The van der Waals surface area contributed by atoms with Crippen molar-refractivity contribution in [3.05, 3.63) is 41.1 Å². The van der Waals surface area contributed by atoms with Crippen LogP contribution in [0.3, 0.4) is 0 Å². The molecule has 122 valence electrons. The van der Waals surface area contributed by atoms with E-state index in [0.29, 0.717) is 22.9 Å². The smallest absolute Gasteiger partial charge is 0.326 e. The number of hydrogen-bond donors (Lipinski definition) is 3. The Morgan fingerprint density at radius 3 is 2.83 bits per heavy atom. The summed E-state index contributed by atoms with van der Waals surface area (Å²) >= 11 is 7.33. The van der Waals surface area contributed by atoms with E-state index in [1.165, 1.54) is 11.8 Å². The molecule has 0 saturated heterocycles. The van der Waals surface area contributed by atoms with Crippen molar-refractivity contribution >= 4 is 40.9 Å². The van der Waals surface area contributed by atoms with Gasteiger partial charge in [-0.15, -0.1) is 0 Å². The molecule has 1 rings (SSSR count). The largest absolute Gasteiger partial charge is 0.480 e. The molecule has 0 aliphatic heterocycles. The van der Waals surface area contributed by atoms with Gasteiger partial charge in [-0.3, -0.25) is 4.79 Å². The number of carboxylic acids is 1. The van der Waals surface area contributed by atoms with E-state index in [9.17, 15) is 9.59 Å². The van der Waals surface area contributed by atoms with Crippen molar-refractivity contribution in [2.45, 2.75) is 12.5 Å². The highest BCUT2D eigenvalue weighted by molar-refractivity contribution is 7.98. The molecule has 3 N–H and O–H groups in total. The Labute approximate surface area is 143 Å². The number of nitriles is 1. The van der Waals surface area contributed by atoms with E-state index in [1.54, 1.807) is 30.3 Å². The van der Waals surface area contributed by atoms with Gasteiger partial charge in [-0.1, -0.05) is 17.7 Å². The number of carbonyl (C=O) groups is 2. The van der Waals surface area contributed by atoms with Crippen LogP contribution in [0, 0.1) is 11.3 Å². The standard InChI is InChI=1S/C15H16ClN3O3S/c1-23-6-5-13(15(21)22)18-9-10(8-17)14(20)19-12-4-2-3-11(16)7-12/h2-4,7,9,13,18H,5-6H2,1H3,(H,19,20)(H,21,22)/b10-9-. The van der Waals surface area contributed by atoms with Gasteiger partial charge < -0.3 is 15.7 Å². The summed E-state index contributed by atoms with van der Waals surface area (Å²) < 4.78 is 0. The summed E-state index contributed by atoms with van der Waals surface area (Å²) in [6.07, 6.45) is 3.37. The number of anilines is 1. The zero-order valence-electron chi connectivity index (χ0n) is 12.4. The lowest BCUT2D eigenvalue weighted by Crippen LogP contribution is -2.34.